The van der Waals surface area contributed by atoms with Gasteiger partial charge in [0, 0.05) is 18.0 Å². The molecule has 0 unspecified atom stereocenters. The Morgan fingerprint density at radius 3 is 2.82 bits per heavy atom. The van der Waals surface area contributed by atoms with Crippen molar-refractivity contribution in [3.05, 3.63) is 53.7 Å². The summed E-state index contributed by atoms with van der Waals surface area (Å²) in [4.78, 5) is 42.6. The molecule has 4 N–H and O–H groups in total. The van der Waals surface area contributed by atoms with Gasteiger partial charge in [-0.1, -0.05) is 6.07 Å². The van der Waals surface area contributed by atoms with E-state index in [4.69, 9.17) is 10.8 Å². The van der Waals surface area contributed by atoms with Crippen LogP contribution in [0.25, 0.3) is 10.9 Å². The maximum absolute atomic E-state index is 14.5. The number of nitrogens with one attached hydrogen (secondary N) is 1. The molecule has 4 rings (SSSR count). The summed E-state index contributed by atoms with van der Waals surface area (Å²) in [6, 6.07) is 4.32. The summed E-state index contributed by atoms with van der Waals surface area (Å²) in [5, 5.41) is 15.5. The molecule has 1 aromatic carbocycles. The van der Waals surface area contributed by atoms with Gasteiger partial charge in [0.25, 0.3) is 5.91 Å². The van der Waals surface area contributed by atoms with E-state index in [1.165, 1.54) is 41.3 Å². The zero-order valence-electron chi connectivity index (χ0n) is 17.5. The number of amides is 3. The lowest BCUT2D eigenvalue weighted by Crippen LogP contribution is -2.44. The van der Waals surface area contributed by atoms with Crippen LogP contribution in [0.1, 0.15) is 22.5 Å². The molecule has 10 nitrogen and oxygen atoms in total. The maximum atomic E-state index is 14.5. The number of pyridine rings is 1. The fourth-order valence-corrected chi connectivity index (χ4v) is 3.85. The second-order valence-corrected chi connectivity index (χ2v) is 7.55. The van der Waals surface area contributed by atoms with E-state index in [1.54, 1.807) is 6.11 Å². The summed E-state index contributed by atoms with van der Waals surface area (Å²) in [6.45, 7) is -0.739. The molecule has 174 valence electrons. The van der Waals surface area contributed by atoms with E-state index in [-0.39, 0.29) is 29.9 Å². The van der Waals surface area contributed by atoms with Crippen LogP contribution < -0.4 is 11.1 Å². The third kappa shape index (κ3) is 4.23. The smallest absolute Gasteiger partial charge is 0.269 e. The van der Waals surface area contributed by atoms with Crippen molar-refractivity contribution in [2.75, 3.05) is 11.9 Å². The normalized spacial score (nSPS) is 17.3. The van der Waals surface area contributed by atoms with Gasteiger partial charge in [-0.15, -0.1) is 0 Å². The van der Waals surface area contributed by atoms with Gasteiger partial charge in [0.05, 0.1) is 29.5 Å². The highest BCUT2D eigenvalue weighted by Crippen LogP contribution is 2.25. The largest absolute Gasteiger partial charge is 0.462 e. The molecule has 3 aromatic rings. The van der Waals surface area contributed by atoms with Crippen LogP contribution in [0.15, 0.2) is 36.7 Å². The van der Waals surface area contributed by atoms with Crippen molar-refractivity contribution in [1.82, 2.24) is 19.7 Å². The van der Waals surface area contributed by atoms with Crippen molar-refractivity contribution in [2.45, 2.75) is 25.2 Å². The number of alkyl halides is 1. The van der Waals surface area contributed by atoms with Crippen LogP contribution in [-0.2, 0) is 16.1 Å². The maximum Gasteiger partial charge on any atom is 0.269 e. The predicted molar refractivity (Wildman–Crippen MR) is 115 cm³/mol. The number of rotatable bonds is 5. The number of fused-ring (bicyclic) bond motifs is 1. The standard InChI is InChI=1S/C22H18F2N6O4/c23-13-8-16(22(34)27-15-3-1-2-12(5-7-31)19(15)24)29(10-13)18(32)11-30-17-9-26-6-4-14(17)20(28-30)21(25)33/h1-4,6,9,13,16,31H,8,10-11H2,(H2,25,33)(H,27,34)/t13-,16+/m1/s1. The summed E-state index contributed by atoms with van der Waals surface area (Å²) in [5.74, 6) is -0.936. The van der Waals surface area contributed by atoms with Gasteiger partial charge in [-0.25, -0.2) is 8.78 Å². The monoisotopic (exact) mass is 468 g/mol. The summed E-state index contributed by atoms with van der Waals surface area (Å²) < 4.78 is 30.0. The molecular weight excluding hydrogens is 450 g/mol. The highest BCUT2D eigenvalue weighted by Gasteiger charge is 2.40. The Balaban J connectivity index is 1.56. The molecule has 34 heavy (non-hydrogen) atoms. The Labute approximate surface area is 191 Å². The Hall–Kier alpha value is -4.53. The Kier molecular flexibility index (Phi) is 6.09. The number of hydrogen-bond acceptors (Lipinski definition) is 6. The second-order valence-electron chi connectivity index (χ2n) is 7.55. The molecule has 2 atom stereocenters. The molecule has 3 amide bonds. The van der Waals surface area contributed by atoms with Crippen LogP contribution in [0.3, 0.4) is 0 Å². The van der Waals surface area contributed by atoms with Crippen LogP contribution in [-0.4, -0.2) is 61.3 Å². The molecule has 2 aromatic heterocycles. The molecule has 1 aliphatic rings. The van der Waals surface area contributed by atoms with Gasteiger partial charge in [0.15, 0.2) is 11.5 Å². The van der Waals surface area contributed by atoms with Crippen molar-refractivity contribution in [2.24, 2.45) is 5.73 Å². The first-order valence-electron chi connectivity index (χ1n) is 10.1. The molecule has 0 bridgehead atoms. The number of aliphatic hydroxyl groups excluding tert-OH is 1. The molecular formula is C22H18F2N6O4. The van der Waals surface area contributed by atoms with Crippen molar-refractivity contribution >= 4 is 34.3 Å². The lowest BCUT2D eigenvalue weighted by Gasteiger charge is -2.24. The van der Waals surface area contributed by atoms with Crippen molar-refractivity contribution in [3.8, 4) is 12.0 Å². The Bertz CT molecular complexity index is 1360. The minimum absolute atomic E-state index is 0.0504. The molecule has 3 heterocycles. The zero-order valence-corrected chi connectivity index (χ0v) is 17.5. The number of nitrogens with zero attached hydrogens (tertiary/aromatic N) is 4. The number of anilines is 1. The molecule has 12 heteroatoms. The molecule has 1 aliphatic heterocycles. The van der Waals surface area contributed by atoms with Gasteiger partial charge in [-0.2, -0.15) is 5.10 Å². The first-order valence-corrected chi connectivity index (χ1v) is 10.1. The van der Waals surface area contributed by atoms with E-state index in [0.29, 0.717) is 10.9 Å². The summed E-state index contributed by atoms with van der Waals surface area (Å²) >= 11 is 0. The van der Waals surface area contributed by atoms with Crippen LogP contribution in [0.2, 0.25) is 0 Å². The molecule has 0 saturated carbocycles. The van der Waals surface area contributed by atoms with Gasteiger partial charge in [-0.3, -0.25) is 24.0 Å². The van der Waals surface area contributed by atoms with Gasteiger partial charge in [0.2, 0.25) is 11.8 Å². The van der Waals surface area contributed by atoms with Crippen molar-refractivity contribution in [1.29, 1.82) is 0 Å². The third-order valence-corrected chi connectivity index (χ3v) is 5.39. The van der Waals surface area contributed by atoms with E-state index in [0.717, 1.165) is 4.90 Å². The highest BCUT2D eigenvalue weighted by atomic mass is 19.1. The SMILES string of the molecule is NC(=O)c1nn(CC(=O)N2C[C@H](F)C[C@H]2C(=O)Nc2cccc(C#CO)c2F)c2cnccc12. The Morgan fingerprint density at radius 2 is 2.09 bits per heavy atom. The number of aromatic nitrogens is 3. The zero-order chi connectivity index (χ0) is 24.4. The number of aliphatic hydroxyl groups is 1. The van der Waals surface area contributed by atoms with Crippen LogP contribution in [0.4, 0.5) is 14.5 Å². The van der Waals surface area contributed by atoms with E-state index < -0.39 is 42.3 Å². The molecule has 1 fully saturated rings. The lowest BCUT2D eigenvalue weighted by molar-refractivity contribution is -0.137. The molecule has 1 saturated heterocycles. The number of nitrogens with two attached hydrogens (primary N) is 1. The van der Waals surface area contributed by atoms with Gasteiger partial charge < -0.3 is 21.1 Å². The molecule has 0 aliphatic carbocycles. The number of hydrogen-bond donors (Lipinski definition) is 3. The van der Waals surface area contributed by atoms with Crippen molar-refractivity contribution < 1.29 is 28.3 Å². The van der Waals surface area contributed by atoms with E-state index in [2.05, 4.69) is 21.3 Å². The minimum Gasteiger partial charge on any atom is -0.462 e. The number of carbonyl (C=O) groups excluding carboxylic acids is 3. The number of carbonyl (C=O) groups is 3. The van der Waals surface area contributed by atoms with E-state index >= 15 is 0 Å². The summed E-state index contributed by atoms with van der Waals surface area (Å²) in [7, 11) is 0. The lowest BCUT2D eigenvalue weighted by atomic mass is 10.1. The van der Waals surface area contributed by atoms with Crippen LogP contribution in [0, 0.1) is 17.8 Å². The highest BCUT2D eigenvalue weighted by molar-refractivity contribution is 6.04. The van der Waals surface area contributed by atoms with E-state index in [9.17, 15) is 23.2 Å². The molecule has 0 spiro atoms. The average Bonchev–Trinajstić information content (AvgIpc) is 3.38. The minimum atomic E-state index is -1.46. The third-order valence-electron chi connectivity index (χ3n) is 5.39. The first-order chi connectivity index (χ1) is 16.3. The van der Waals surface area contributed by atoms with E-state index in [1.807, 2.05) is 0 Å². The fraction of sp³-hybridized carbons (Fsp3) is 0.227. The summed E-state index contributed by atoms with van der Waals surface area (Å²) in [5.41, 5.74) is 5.30. The second kappa shape index (κ2) is 9.14. The number of benzene rings is 1. The fourth-order valence-electron chi connectivity index (χ4n) is 3.85. The topological polar surface area (TPSA) is 143 Å². The number of halogens is 2. The van der Waals surface area contributed by atoms with Gasteiger partial charge in [0.1, 0.15) is 24.9 Å². The van der Waals surface area contributed by atoms with Crippen LogP contribution in [0.5, 0.6) is 0 Å². The number of primary amides is 1. The van der Waals surface area contributed by atoms with Gasteiger partial charge >= 0.3 is 0 Å². The van der Waals surface area contributed by atoms with Crippen molar-refractivity contribution in [3.63, 3.8) is 0 Å². The first kappa shape index (κ1) is 22.7. The number of likely N-dealkylation sites (tertiary alicyclic amines) is 1. The summed E-state index contributed by atoms with van der Waals surface area (Å²) in [6.07, 6.45) is 2.69. The van der Waals surface area contributed by atoms with Crippen LogP contribution >= 0.6 is 0 Å². The molecule has 0 radical (unpaired) electrons. The van der Waals surface area contributed by atoms with Gasteiger partial charge in [-0.05, 0) is 24.1 Å². The Morgan fingerprint density at radius 1 is 1.29 bits per heavy atom. The quantitative estimate of drug-likeness (QED) is 0.476. The average molecular weight is 468 g/mol. The predicted octanol–water partition coefficient (Wildman–Crippen LogP) is 0.928.